The van der Waals surface area contributed by atoms with Crippen LogP contribution in [0, 0.1) is 5.92 Å². The second-order valence-corrected chi connectivity index (χ2v) is 13.4. The van der Waals surface area contributed by atoms with Gasteiger partial charge in [-0.15, -0.1) is 23.5 Å². The molecule has 9 heteroatoms. The first-order valence-corrected chi connectivity index (χ1v) is 14.7. The van der Waals surface area contributed by atoms with E-state index in [1.54, 1.807) is 18.9 Å². The van der Waals surface area contributed by atoms with E-state index in [-0.39, 0.29) is 33.8 Å². The Morgan fingerprint density at radius 1 is 1.11 bits per heavy atom. The van der Waals surface area contributed by atoms with Gasteiger partial charge in [0, 0.05) is 24.5 Å². The number of thioether (sulfide) groups is 2. The van der Waals surface area contributed by atoms with E-state index >= 15 is 0 Å². The molecule has 3 amide bonds. The fraction of sp³-hybridized carbons (Fsp3) is 0.654. The van der Waals surface area contributed by atoms with Gasteiger partial charge in [-0.05, 0) is 50.3 Å². The number of carbonyl (C=O) groups is 3. The quantitative estimate of drug-likeness (QED) is 0.514. The summed E-state index contributed by atoms with van der Waals surface area (Å²) in [6.07, 6.45) is 3.62. The van der Waals surface area contributed by atoms with Crippen molar-refractivity contribution in [2.75, 3.05) is 25.1 Å². The molecule has 1 aromatic carbocycles. The molecule has 3 N–H and O–H groups in total. The average Bonchev–Trinajstić information content (AvgIpc) is 3.48. The van der Waals surface area contributed by atoms with Gasteiger partial charge in [0.2, 0.25) is 17.7 Å². The lowest BCUT2D eigenvalue weighted by molar-refractivity contribution is -0.142. The van der Waals surface area contributed by atoms with Crippen molar-refractivity contribution in [1.29, 1.82) is 0 Å². The maximum Gasteiger partial charge on any atom is 0.246 e. The number of nitrogens with zero attached hydrogens (tertiary/aromatic N) is 1. The summed E-state index contributed by atoms with van der Waals surface area (Å²) in [6, 6.07) is 6.69. The van der Waals surface area contributed by atoms with Crippen molar-refractivity contribution < 1.29 is 14.4 Å². The molecule has 0 radical (unpaired) electrons. The first kappa shape index (κ1) is 26.4. The fourth-order valence-corrected chi connectivity index (χ4v) is 8.54. The Morgan fingerprint density at radius 2 is 1.83 bits per heavy atom. The number of hydrogen-bond donors (Lipinski definition) is 3. The summed E-state index contributed by atoms with van der Waals surface area (Å²) in [5, 5.41) is 9.16. The number of likely N-dealkylation sites (tertiary alicyclic amines) is 1. The third-order valence-corrected chi connectivity index (χ3v) is 10.9. The molecule has 192 valence electrons. The molecular formula is C26H38N4O3S2. The fourth-order valence-electron chi connectivity index (χ4n) is 5.28. The Bertz CT molecular complexity index is 950. The average molecular weight is 519 g/mol. The standard InChI is InChI=1S/C26H38N4O3S2/c1-16(2)22(29-23(31)17(3)27-4)25(33)30-15-26(34-12-13-35-26)14-21(30)24(32)28-20-11-7-9-18-8-5-6-10-19(18)20/h5-6,8,10,16-17,20-22,27H,7,9,11-15H2,1-4H3,(H,28,32)(H,29,31)/t17-,20?,21+,22+/m1/s1. The summed E-state index contributed by atoms with van der Waals surface area (Å²) < 4.78 is -0.147. The number of nitrogens with one attached hydrogen (secondary N) is 3. The van der Waals surface area contributed by atoms with E-state index in [4.69, 9.17) is 0 Å². The Balaban J connectivity index is 1.55. The van der Waals surface area contributed by atoms with E-state index in [1.807, 2.05) is 49.5 Å². The van der Waals surface area contributed by atoms with Gasteiger partial charge in [-0.2, -0.15) is 0 Å². The summed E-state index contributed by atoms with van der Waals surface area (Å²) in [5.41, 5.74) is 2.48. The van der Waals surface area contributed by atoms with Crippen molar-refractivity contribution in [3.63, 3.8) is 0 Å². The predicted octanol–water partition coefficient (Wildman–Crippen LogP) is 2.71. The highest BCUT2D eigenvalue weighted by atomic mass is 32.2. The van der Waals surface area contributed by atoms with Crippen LogP contribution >= 0.6 is 23.5 Å². The molecular weight excluding hydrogens is 480 g/mol. The zero-order chi connectivity index (χ0) is 25.2. The van der Waals surface area contributed by atoms with Gasteiger partial charge in [0.05, 0.1) is 16.2 Å². The first-order valence-electron chi connectivity index (χ1n) is 12.7. The monoisotopic (exact) mass is 518 g/mol. The Morgan fingerprint density at radius 3 is 2.51 bits per heavy atom. The van der Waals surface area contributed by atoms with E-state index in [9.17, 15) is 14.4 Å². The largest absolute Gasteiger partial charge is 0.347 e. The van der Waals surface area contributed by atoms with Gasteiger partial charge < -0.3 is 20.9 Å². The lowest BCUT2D eigenvalue weighted by atomic mass is 9.87. The van der Waals surface area contributed by atoms with Crippen LogP contribution in [0.2, 0.25) is 0 Å². The number of amides is 3. The topological polar surface area (TPSA) is 90.5 Å². The van der Waals surface area contributed by atoms with Crippen LogP contribution in [0.4, 0.5) is 0 Å². The Kier molecular flexibility index (Phi) is 8.38. The van der Waals surface area contributed by atoms with E-state index in [0.29, 0.717) is 13.0 Å². The molecule has 4 atom stereocenters. The third kappa shape index (κ3) is 5.67. The SMILES string of the molecule is CN[C@H](C)C(=O)N[C@H](C(=O)N1CC2(C[C@H]1C(=O)NC1CCCc3ccccc31)SCCS2)C(C)C. The van der Waals surface area contributed by atoms with Crippen LogP contribution in [-0.2, 0) is 20.8 Å². The number of aryl methyl sites for hydroxylation is 1. The van der Waals surface area contributed by atoms with Crippen LogP contribution in [0.1, 0.15) is 57.2 Å². The number of fused-ring (bicyclic) bond motifs is 1. The highest BCUT2D eigenvalue weighted by molar-refractivity contribution is 8.21. The summed E-state index contributed by atoms with van der Waals surface area (Å²) in [6.45, 7) is 6.17. The van der Waals surface area contributed by atoms with Crippen molar-refractivity contribution in [3.05, 3.63) is 35.4 Å². The predicted molar refractivity (Wildman–Crippen MR) is 143 cm³/mol. The van der Waals surface area contributed by atoms with Gasteiger partial charge in [0.15, 0.2) is 0 Å². The molecule has 1 unspecified atom stereocenters. The number of rotatable bonds is 7. The van der Waals surface area contributed by atoms with Crippen LogP contribution in [0.5, 0.6) is 0 Å². The van der Waals surface area contributed by atoms with E-state index in [1.165, 1.54) is 11.1 Å². The smallest absolute Gasteiger partial charge is 0.246 e. The molecule has 1 spiro atoms. The summed E-state index contributed by atoms with van der Waals surface area (Å²) in [7, 11) is 1.72. The lowest BCUT2D eigenvalue weighted by Crippen LogP contribution is -2.57. The molecule has 2 saturated heterocycles. The maximum absolute atomic E-state index is 13.9. The van der Waals surface area contributed by atoms with Crippen LogP contribution < -0.4 is 16.0 Å². The normalized spacial score (nSPS) is 24.8. The minimum Gasteiger partial charge on any atom is -0.347 e. The molecule has 3 aliphatic rings. The van der Waals surface area contributed by atoms with Gasteiger partial charge in [-0.1, -0.05) is 38.1 Å². The third-order valence-electron chi connectivity index (χ3n) is 7.43. The summed E-state index contributed by atoms with van der Waals surface area (Å²) in [5.74, 6) is 1.51. The maximum atomic E-state index is 13.9. The van der Waals surface area contributed by atoms with Crippen molar-refractivity contribution >= 4 is 41.2 Å². The van der Waals surface area contributed by atoms with Crippen molar-refractivity contribution in [1.82, 2.24) is 20.9 Å². The molecule has 1 aliphatic carbocycles. The minimum absolute atomic E-state index is 0.0260. The van der Waals surface area contributed by atoms with Crippen molar-refractivity contribution in [2.45, 2.75) is 74.7 Å². The van der Waals surface area contributed by atoms with E-state index < -0.39 is 18.1 Å². The molecule has 2 aliphatic heterocycles. The lowest BCUT2D eigenvalue weighted by Gasteiger charge is -2.33. The molecule has 2 fully saturated rings. The first-order chi connectivity index (χ1) is 16.7. The molecule has 35 heavy (non-hydrogen) atoms. The minimum atomic E-state index is -0.671. The molecule has 0 aromatic heterocycles. The molecule has 0 bridgehead atoms. The van der Waals surface area contributed by atoms with Crippen molar-refractivity contribution in [2.24, 2.45) is 5.92 Å². The molecule has 0 saturated carbocycles. The zero-order valence-electron chi connectivity index (χ0n) is 21.1. The van der Waals surface area contributed by atoms with Gasteiger partial charge in [0.1, 0.15) is 12.1 Å². The van der Waals surface area contributed by atoms with Crippen molar-refractivity contribution in [3.8, 4) is 0 Å². The second-order valence-electron chi connectivity index (χ2n) is 10.2. The number of carbonyl (C=O) groups excluding carboxylic acids is 3. The van der Waals surface area contributed by atoms with Crippen LogP contribution in [0.3, 0.4) is 0 Å². The number of hydrogen-bond acceptors (Lipinski definition) is 6. The Labute approximate surface area is 217 Å². The molecule has 4 rings (SSSR count). The highest BCUT2D eigenvalue weighted by Gasteiger charge is 2.52. The van der Waals surface area contributed by atoms with Crippen LogP contribution in [0.25, 0.3) is 0 Å². The second kappa shape index (κ2) is 11.1. The van der Waals surface area contributed by atoms with Crippen LogP contribution in [0.15, 0.2) is 24.3 Å². The summed E-state index contributed by atoms with van der Waals surface area (Å²) in [4.78, 5) is 42.0. The van der Waals surface area contributed by atoms with Gasteiger partial charge >= 0.3 is 0 Å². The highest BCUT2D eigenvalue weighted by Crippen LogP contribution is 2.52. The van der Waals surface area contributed by atoms with Gasteiger partial charge in [-0.25, -0.2) is 0 Å². The number of benzene rings is 1. The number of likely N-dealkylation sites (N-methyl/N-ethyl adjacent to an activating group) is 1. The molecule has 7 nitrogen and oxygen atoms in total. The molecule has 1 aromatic rings. The van der Waals surface area contributed by atoms with E-state index in [0.717, 1.165) is 30.8 Å². The molecule has 2 heterocycles. The van der Waals surface area contributed by atoms with Gasteiger partial charge in [0.25, 0.3) is 0 Å². The Hall–Kier alpha value is -1.71. The zero-order valence-corrected chi connectivity index (χ0v) is 22.8. The van der Waals surface area contributed by atoms with Crippen LogP contribution in [-0.4, -0.2) is 69.9 Å². The van der Waals surface area contributed by atoms with Gasteiger partial charge in [-0.3, -0.25) is 14.4 Å². The summed E-state index contributed by atoms with van der Waals surface area (Å²) >= 11 is 3.73. The van der Waals surface area contributed by atoms with E-state index in [2.05, 4.69) is 28.1 Å².